The largest absolute Gasteiger partial charge is 0.326 e. The highest BCUT2D eigenvalue weighted by Gasteiger charge is 2.07. The summed E-state index contributed by atoms with van der Waals surface area (Å²) in [6, 6.07) is 13.8. The number of carbonyl (C=O) groups is 1. The molecule has 1 N–H and O–H groups in total. The molecule has 2 aromatic rings. The summed E-state index contributed by atoms with van der Waals surface area (Å²) < 4.78 is 13.4. The Morgan fingerprint density at radius 1 is 1.11 bits per heavy atom. The number of amides is 1. The molecule has 2 nitrogen and oxygen atoms in total. The van der Waals surface area contributed by atoms with E-state index >= 15 is 0 Å². The molecule has 0 bridgehead atoms. The molecule has 0 aliphatic heterocycles. The third-order valence-electron chi connectivity index (χ3n) is 2.64. The van der Waals surface area contributed by atoms with E-state index in [1.165, 1.54) is 6.07 Å². The molecule has 2 rings (SSSR count). The van der Waals surface area contributed by atoms with E-state index in [0.717, 1.165) is 11.3 Å². The number of hydrogen-bond donors (Lipinski definition) is 1. The van der Waals surface area contributed by atoms with Crippen molar-refractivity contribution >= 4 is 11.6 Å². The van der Waals surface area contributed by atoms with Crippen LogP contribution in [0.15, 0.2) is 48.5 Å². The number of hydrogen-bond acceptors (Lipinski definition) is 1. The molecule has 1 amide bonds. The Bertz CT molecular complexity index is 549. The van der Waals surface area contributed by atoms with Crippen LogP contribution in [-0.2, 0) is 11.2 Å². The molecule has 0 heterocycles. The minimum absolute atomic E-state index is 0.0422. The number of nitrogens with one attached hydrogen (secondary N) is 1. The van der Waals surface area contributed by atoms with Crippen LogP contribution in [0.1, 0.15) is 11.1 Å². The minimum Gasteiger partial charge on any atom is -0.326 e. The maximum atomic E-state index is 13.4. The van der Waals surface area contributed by atoms with E-state index in [1.807, 2.05) is 31.2 Å². The van der Waals surface area contributed by atoms with Crippen LogP contribution in [0, 0.1) is 12.7 Å². The highest BCUT2D eigenvalue weighted by Crippen LogP contribution is 2.11. The van der Waals surface area contributed by atoms with Gasteiger partial charge < -0.3 is 5.32 Å². The number of anilines is 1. The topological polar surface area (TPSA) is 29.1 Å². The van der Waals surface area contributed by atoms with E-state index in [1.54, 1.807) is 18.2 Å². The Morgan fingerprint density at radius 2 is 1.78 bits per heavy atom. The fourth-order valence-electron chi connectivity index (χ4n) is 1.66. The molecule has 92 valence electrons. The summed E-state index contributed by atoms with van der Waals surface area (Å²) in [5.74, 6) is -0.569. The van der Waals surface area contributed by atoms with Crippen LogP contribution in [0.3, 0.4) is 0 Å². The lowest BCUT2D eigenvalue weighted by molar-refractivity contribution is -0.115. The lowest BCUT2D eigenvalue weighted by Gasteiger charge is -2.06. The van der Waals surface area contributed by atoms with Crippen molar-refractivity contribution in [2.45, 2.75) is 13.3 Å². The summed E-state index contributed by atoms with van der Waals surface area (Å²) >= 11 is 0. The Labute approximate surface area is 105 Å². The third-order valence-corrected chi connectivity index (χ3v) is 2.64. The van der Waals surface area contributed by atoms with Gasteiger partial charge in [-0.05, 0) is 30.7 Å². The second-order valence-corrected chi connectivity index (χ2v) is 4.18. The first-order valence-corrected chi connectivity index (χ1v) is 5.75. The van der Waals surface area contributed by atoms with Gasteiger partial charge in [0.1, 0.15) is 5.82 Å². The van der Waals surface area contributed by atoms with Crippen LogP contribution in [0.25, 0.3) is 0 Å². The lowest BCUT2D eigenvalue weighted by Crippen LogP contribution is -2.15. The summed E-state index contributed by atoms with van der Waals surface area (Å²) in [6.45, 7) is 1.98. The summed E-state index contributed by atoms with van der Waals surface area (Å²) in [6.07, 6.45) is 0.0422. The van der Waals surface area contributed by atoms with Gasteiger partial charge in [0, 0.05) is 5.69 Å². The van der Waals surface area contributed by atoms with E-state index in [0.29, 0.717) is 5.56 Å². The fraction of sp³-hybridized carbons (Fsp3) is 0.133. The van der Waals surface area contributed by atoms with Gasteiger partial charge in [0.25, 0.3) is 0 Å². The van der Waals surface area contributed by atoms with E-state index in [9.17, 15) is 9.18 Å². The molecule has 0 saturated heterocycles. The van der Waals surface area contributed by atoms with Crippen molar-refractivity contribution in [1.82, 2.24) is 0 Å². The SMILES string of the molecule is Cc1ccc(NC(=O)Cc2ccccc2F)cc1. The maximum absolute atomic E-state index is 13.4. The highest BCUT2D eigenvalue weighted by atomic mass is 19.1. The zero-order chi connectivity index (χ0) is 13.0. The first kappa shape index (κ1) is 12.3. The molecule has 0 fully saturated rings. The second kappa shape index (κ2) is 5.45. The van der Waals surface area contributed by atoms with Crippen molar-refractivity contribution in [3.05, 3.63) is 65.5 Å². The standard InChI is InChI=1S/C15H14FNO/c1-11-6-8-13(9-7-11)17-15(18)10-12-4-2-3-5-14(12)16/h2-9H,10H2,1H3,(H,17,18). The lowest BCUT2D eigenvalue weighted by atomic mass is 10.1. The summed E-state index contributed by atoms with van der Waals surface area (Å²) in [7, 11) is 0. The smallest absolute Gasteiger partial charge is 0.228 e. The number of rotatable bonds is 3. The maximum Gasteiger partial charge on any atom is 0.228 e. The van der Waals surface area contributed by atoms with Gasteiger partial charge in [-0.3, -0.25) is 4.79 Å². The molecule has 0 unspecified atom stereocenters. The Kier molecular flexibility index (Phi) is 3.72. The fourth-order valence-corrected chi connectivity index (χ4v) is 1.66. The van der Waals surface area contributed by atoms with E-state index in [2.05, 4.69) is 5.32 Å². The first-order chi connectivity index (χ1) is 8.65. The van der Waals surface area contributed by atoms with Crippen LogP contribution in [0.2, 0.25) is 0 Å². The average Bonchev–Trinajstić information content (AvgIpc) is 2.35. The van der Waals surface area contributed by atoms with E-state index in [-0.39, 0.29) is 18.1 Å². The Balaban J connectivity index is 2.01. The van der Waals surface area contributed by atoms with Crippen molar-refractivity contribution in [2.24, 2.45) is 0 Å². The number of benzene rings is 2. The molecule has 0 atom stereocenters. The normalized spacial score (nSPS) is 10.1. The molecule has 3 heteroatoms. The highest BCUT2D eigenvalue weighted by molar-refractivity contribution is 5.92. The monoisotopic (exact) mass is 243 g/mol. The molecule has 2 aromatic carbocycles. The molecule has 0 aliphatic rings. The van der Waals surface area contributed by atoms with Gasteiger partial charge in [-0.2, -0.15) is 0 Å². The van der Waals surface area contributed by atoms with Crippen molar-refractivity contribution in [3.8, 4) is 0 Å². The van der Waals surface area contributed by atoms with E-state index < -0.39 is 0 Å². The predicted octanol–water partition coefficient (Wildman–Crippen LogP) is 3.32. The Hall–Kier alpha value is -2.16. The van der Waals surface area contributed by atoms with Gasteiger partial charge in [0.2, 0.25) is 5.91 Å². The molecular weight excluding hydrogens is 229 g/mol. The van der Waals surface area contributed by atoms with E-state index in [4.69, 9.17) is 0 Å². The van der Waals surface area contributed by atoms with Gasteiger partial charge in [0.05, 0.1) is 6.42 Å². The molecule has 18 heavy (non-hydrogen) atoms. The van der Waals surface area contributed by atoms with Crippen molar-refractivity contribution in [3.63, 3.8) is 0 Å². The average molecular weight is 243 g/mol. The molecule has 0 radical (unpaired) electrons. The summed E-state index contributed by atoms with van der Waals surface area (Å²) in [5, 5.41) is 2.74. The van der Waals surface area contributed by atoms with Crippen molar-refractivity contribution < 1.29 is 9.18 Å². The predicted molar refractivity (Wildman–Crippen MR) is 69.9 cm³/mol. The van der Waals surface area contributed by atoms with Gasteiger partial charge >= 0.3 is 0 Å². The second-order valence-electron chi connectivity index (χ2n) is 4.18. The first-order valence-electron chi connectivity index (χ1n) is 5.75. The number of aryl methyl sites for hydroxylation is 1. The third kappa shape index (κ3) is 3.17. The zero-order valence-corrected chi connectivity index (χ0v) is 10.1. The molecule has 0 aromatic heterocycles. The van der Waals surface area contributed by atoms with Crippen molar-refractivity contribution in [2.75, 3.05) is 5.32 Å². The van der Waals surface area contributed by atoms with Crippen molar-refractivity contribution in [1.29, 1.82) is 0 Å². The van der Waals surface area contributed by atoms with Crippen LogP contribution in [0.4, 0.5) is 10.1 Å². The van der Waals surface area contributed by atoms with Gasteiger partial charge in [-0.15, -0.1) is 0 Å². The van der Waals surface area contributed by atoms with Crippen LogP contribution in [-0.4, -0.2) is 5.91 Å². The van der Waals surface area contributed by atoms with Crippen LogP contribution in [0.5, 0.6) is 0 Å². The van der Waals surface area contributed by atoms with Gasteiger partial charge in [-0.25, -0.2) is 4.39 Å². The number of carbonyl (C=O) groups excluding carboxylic acids is 1. The molecule has 0 spiro atoms. The van der Waals surface area contributed by atoms with Crippen LogP contribution < -0.4 is 5.32 Å². The zero-order valence-electron chi connectivity index (χ0n) is 10.1. The minimum atomic E-state index is -0.350. The summed E-state index contributed by atoms with van der Waals surface area (Å²) in [5.41, 5.74) is 2.26. The summed E-state index contributed by atoms with van der Waals surface area (Å²) in [4.78, 5) is 11.7. The quantitative estimate of drug-likeness (QED) is 0.880. The number of halogens is 1. The Morgan fingerprint density at radius 3 is 2.44 bits per heavy atom. The molecule has 0 saturated carbocycles. The molecular formula is C15H14FNO. The molecule has 0 aliphatic carbocycles. The van der Waals surface area contributed by atoms with Gasteiger partial charge in [0.15, 0.2) is 0 Å². The van der Waals surface area contributed by atoms with Crippen LogP contribution >= 0.6 is 0 Å². The van der Waals surface area contributed by atoms with Gasteiger partial charge in [-0.1, -0.05) is 35.9 Å².